The highest BCUT2D eigenvalue weighted by Crippen LogP contribution is 2.29. The molecule has 1 aliphatic heterocycles. The maximum Gasteiger partial charge on any atom is 0.328 e. The van der Waals surface area contributed by atoms with Gasteiger partial charge in [0.25, 0.3) is 0 Å². The predicted octanol–water partition coefficient (Wildman–Crippen LogP) is 2.02. The Balaban J connectivity index is 0.000000359. The van der Waals surface area contributed by atoms with E-state index in [1.54, 1.807) is 0 Å². The van der Waals surface area contributed by atoms with Crippen LogP contribution in [0.25, 0.3) is 0 Å². The zero-order valence-corrected chi connectivity index (χ0v) is 14.8. The molecule has 0 aliphatic carbocycles. The second kappa shape index (κ2) is 11.6. The molecule has 0 unspecified atom stereocenters. The first-order chi connectivity index (χ1) is 12.4. The summed E-state index contributed by atoms with van der Waals surface area (Å²) >= 11 is 0. The Hall–Kier alpha value is -2.87. The molecule has 1 aliphatic rings. The summed E-state index contributed by atoms with van der Waals surface area (Å²) in [5.41, 5.74) is 8.04. The Labute approximate surface area is 152 Å². The number of aliphatic imine (C=N–C) groups is 1. The van der Waals surface area contributed by atoms with Crippen LogP contribution in [0.5, 0.6) is 0 Å². The van der Waals surface area contributed by atoms with Crippen LogP contribution in [0.3, 0.4) is 0 Å². The highest BCUT2D eigenvalue weighted by molar-refractivity contribution is 5.89. The number of ether oxygens (including phenoxy) is 1. The second-order valence-electron chi connectivity index (χ2n) is 5.45. The molecule has 1 saturated heterocycles. The van der Waals surface area contributed by atoms with Gasteiger partial charge in [-0.05, 0) is 18.6 Å². The number of para-hydroxylation sites is 2. The Morgan fingerprint density at radius 3 is 2.31 bits per heavy atom. The van der Waals surface area contributed by atoms with E-state index in [1.807, 2.05) is 18.2 Å². The zero-order chi connectivity index (χ0) is 19.4. The largest absolute Gasteiger partial charge is 0.478 e. The first kappa shape index (κ1) is 21.2. The summed E-state index contributed by atoms with van der Waals surface area (Å²) in [6.07, 6.45) is 2.98. The van der Waals surface area contributed by atoms with Gasteiger partial charge in [-0.25, -0.2) is 14.6 Å². The van der Waals surface area contributed by atoms with Crippen molar-refractivity contribution >= 4 is 29.1 Å². The number of aliphatic carboxylic acids is 2. The van der Waals surface area contributed by atoms with Crippen molar-refractivity contribution in [1.29, 1.82) is 0 Å². The van der Waals surface area contributed by atoms with Crippen molar-refractivity contribution in [1.82, 2.24) is 0 Å². The lowest BCUT2D eigenvalue weighted by Gasteiger charge is -2.29. The number of carbonyl (C=O) groups is 2. The number of benzene rings is 1. The molecule has 0 amide bonds. The third-order valence-corrected chi connectivity index (χ3v) is 3.37. The van der Waals surface area contributed by atoms with Crippen molar-refractivity contribution in [3.05, 3.63) is 36.4 Å². The molecule has 142 valence electrons. The molecule has 1 aromatic rings. The number of rotatable bonds is 6. The number of anilines is 1. The van der Waals surface area contributed by atoms with Gasteiger partial charge in [-0.3, -0.25) is 0 Å². The van der Waals surface area contributed by atoms with Gasteiger partial charge in [0.2, 0.25) is 0 Å². The molecule has 0 saturated carbocycles. The van der Waals surface area contributed by atoms with Gasteiger partial charge in [-0.15, -0.1) is 0 Å². The summed E-state index contributed by atoms with van der Waals surface area (Å²) < 4.78 is 5.38. The van der Waals surface area contributed by atoms with Gasteiger partial charge in [-0.2, -0.15) is 0 Å². The van der Waals surface area contributed by atoms with E-state index in [2.05, 4.69) is 22.9 Å². The molecule has 0 atom stereocenters. The Bertz CT molecular complexity index is 636. The number of morpholine rings is 1. The lowest BCUT2D eigenvalue weighted by Crippen LogP contribution is -2.36. The number of hydrogen-bond acceptors (Lipinski definition) is 5. The molecule has 4 N–H and O–H groups in total. The Morgan fingerprint density at radius 2 is 1.77 bits per heavy atom. The molecule has 0 bridgehead atoms. The van der Waals surface area contributed by atoms with Crippen LogP contribution in [0, 0.1) is 0 Å². The van der Waals surface area contributed by atoms with E-state index < -0.39 is 11.9 Å². The van der Waals surface area contributed by atoms with Gasteiger partial charge in [-0.1, -0.05) is 19.1 Å². The number of amidine groups is 1. The highest BCUT2D eigenvalue weighted by Gasteiger charge is 2.14. The van der Waals surface area contributed by atoms with Crippen LogP contribution in [-0.2, 0) is 14.3 Å². The molecule has 1 heterocycles. The maximum atomic E-state index is 9.55. The molecule has 1 aromatic carbocycles. The average molecular weight is 363 g/mol. The summed E-state index contributed by atoms with van der Waals surface area (Å²) in [6.45, 7) is 5.50. The SMILES string of the molecule is CCCC(N)=Nc1ccccc1N1CCOCC1.O=C(O)/C=C/C(=O)O. The Kier molecular flexibility index (Phi) is 9.48. The van der Waals surface area contributed by atoms with Crippen LogP contribution < -0.4 is 10.6 Å². The van der Waals surface area contributed by atoms with Crippen molar-refractivity contribution in [3.8, 4) is 0 Å². The summed E-state index contributed by atoms with van der Waals surface area (Å²) in [5, 5.41) is 15.6. The minimum atomic E-state index is -1.26. The summed E-state index contributed by atoms with van der Waals surface area (Å²) in [4.78, 5) is 26.0. The first-order valence-electron chi connectivity index (χ1n) is 8.32. The van der Waals surface area contributed by atoms with Gasteiger partial charge < -0.3 is 25.6 Å². The van der Waals surface area contributed by atoms with Crippen LogP contribution in [0.4, 0.5) is 11.4 Å². The number of carboxylic acids is 2. The van der Waals surface area contributed by atoms with E-state index in [1.165, 1.54) is 0 Å². The minimum absolute atomic E-state index is 0.558. The standard InChI is InChI=1S/C14H21N3O.C4H4O4/c1-2-5-14(15)16-12-6-3-4-7-13(12)17-8-10-18-11-9-17;5-3(6)1-2-4(7)8/h3-4,6-7H,2,5,8-11H2,1H3,(H2,15,16);1-2H,(H,5,6)(H,7,8)/b;2-1+. The average Bonchev–Trinajstić information content (AvgIpc) is 2.62. The summed E-state index contributed by atoms with van der Waals surface area (Å²) in [7, 11) is 0. The molecule has 0 radical (unpaired) electrons. The molecule has 0 aromatic heterocycles. The number of carboxylic acid groups (broad SMARTS) is 2. The highest BCUT2D eigenvalue weighted by atomic mass is 16.5. The van der Waals surface area contributed by atoms with Crippen molar-refractivity contribution in [3.63, 3.8) is 0 Å². The summed E-state index contributed by atoms with van der Waals surface area (Å²) in [6, 6.07) is 8.17. The van der Waals surface area contributed by atoms with Crippen LogP contribution in [-0.4, -0.2) is 54.3 Å². The van der Waals surface area contributed by atoms with Crippen LogP contribution in [0.15, 0.2) is 41.4 Å². The fourth-order valence-electron chi connectivity index (χ4n) is 2.24. The van der Waals surface area contributed by atoms with E-state index in [9.17, 15) is 9.59 Å². The van der Waals surface area contributed by atoms with E-state index in [-0.39, 0.29) is 0 Å². The van der Waals surface area contributed by atoms with Gasteiger partial charge in [0.1, 0.15) is 0 Å². The molecule has 1 fully saturated rings. The molecule has 0 spiro atoms. The number of nitrogens with two attached hydrogens (primary N) is 1. The number of nitrogens with zero attached hydrogens (tertiary/aromatic N) is 2. The van der Waals surface area contributed by atoms with E-state index in [0.717, 1.165) is 50.5 Å². The number of hydrogen-bond donors (Lipinski definition) is 3. The fraction of sp³-hybridized carbons (Fsp3) is 0.389. The van der Waals surface area contributed by atoms with E-state index in [0.29, 0.717) is 18.0 Å². The van der Waals surface area contributed by atoms with Crippen molar-refractivity contribution in [2.45, 2.75) is 19.8 Å². The minimum Gasteiger partial charge on any atom is -0.478 e. The molecule has 8 nitrogen and oxygen atoms in total. The molecular formula is C18H25N3O5. The lowest BCUT2D eigenvalue weighted by atomic mass is 10.2. The second-order valence-corrected chi connectivity index (χ2v) is 5.45. The monoisotopic (exact) mass is 363 g/mol. The molecule has 26 heavy (non-hydrogen) atoms. The normalized spacial score (nSPS) is 14.7. The third kappa shape index (κ3) is 8.29. The van der Waals surface area contributed by atoms with E-state index >= 15 is 0 Å². The van der Waals surface area contributed by atoms with Crippen molar-refractivity contribution < 1.29 is 24.5 Å². The maximum absolute atomic E-state index is 9.55. The molecule has 8 heteroatoms. The topological polar surface area (TPSA) is 125 Å². The third-order valence-electron chi connectivity index (χ3n) is 3.37. The van der Waals surface area contributed by atoms with Crippen molar-refractivity contribution in [2.75, 3.05) is 31.2 Å². The Morgan fingerprint density at radius 1 is 1.19 bits per heavy atom. The predicted molar refractivity (Wildman–Crippen MR) is 100 cm³/mol. The quantitative estimate of drug-likeness (QED) is 0.401. The molecular weight excluding hydrogens is 338 g/mol. The van der Waals surface area contributed by atoms with Gasteiger partial charge in [0, 0.05) is 31.7 Å². The molecule has 2 rings (SSSR count). The smallest absolute Gasteiger partial charge is 0.328 e. The van der Waals surface area contributed by atoms with Crippen LogP contribution in [0.2, 0.25) is 0 Å². The van der Waals surface area contributed by atoms with Gasteiger partial charge in [0.05, 0.1) is 30.4 Å². The van der Waals surface area contributed by atoms with Gasteiger partial charge >= 0.3 is 11.9 Å². The lowest BCUT2D eigenvalue weighted by molar-refractivity contribution is -0.134. The van der Waals surface area contributed by atoms with Gasteiger partial charge in [0.15, 0.2) is 0 Å². The van der Waals surface area contributed by atoms with Crippen LogP contribution >= 0.6 is 0 Å². The fourth-order valence-corrected chi connectivity index (χ4v) is 2.24. The zero-order valence-electron chi connectivity index (χ0n) is 14.8. The van der Waals surface area contributed by atoms with E-state index in [4.69, 9.17) is 20.7 Å². The first-order valence-corrected chi connectivity index (χ1v) is 8.32. The van der Waals surface area contributed by atoms with Crippen LogP contribution in [0.1, 0.15) is 19.8 Å². The summed E-state index contributed by atoms with van der Waals surface area (Å²) in [5.74, 6) is -1.81. The van der Waals surface area contributed by atoms with Crippen molar-refractivity contribution in [2.24, 2.45) is 10.7 Å².